The first-order chi connectivity index (χ1) is 13.9. The molecule has 1 amide bonds. The van der Waals surface area contributed by atoms with Crippen molar-refractivity contribution in [2.45, 2.75) is 19.5 Å². The quantitative estimate of drug-likeness (QED) is 0.342. The number of hydrogen-bond acceptors (Lipinski definition) is 6. The first-order valence-electron chi connectivity index (χ1n) is 9.46. The average molecular weight is 400 g/mol. The van der Waals surface area contributed by atoms with E-state index < -0.39 is 4.92 Å². The van der Waals surface area contributed by atoms with E-state index in [1.807, 2.05) is 32.2 Å². The monoisotopic (exact) mass is 400 g/mol. The van der Waals surface area contributed by atoms with Gasteiger partial charge in [-0.25, -0.2) is 0 Å². The minimum absolute atomic E-state index is 0.101. The summed E-state index contributed by atoms with van der Waals surface area (Å²) in [6, 6.07) is 14.6. The molecule has 0 heterocycles. The van der Waals surface area contributed by atoms with Gasteiger partial charge in [0.2, 0.25) is 0 Å². The van der Waals surface area contributed by atoms with Crippen molar-refractivity contribution in [2.75, 3.05) is 39.2 Å². The lowest BCUT2D eigenvalue weighted by Gasteiger charge is -2.25. The molecular weight excluding hydrogens is 372 g/mol. The summed E-state index contributed by atoms with van der Waals surface area (Å²) >= 11 is 0. The molecular formula is C21H28N4O4. The van der Waals surface area contributed by atoms with Crippen LogP contribution in [-0.2, 0) is 11.3 Å². The third kappa shape index (κ3) is 6.85. The molecule has 0 aromatic heterocycles. The van der Waals surface area contributed by atoms with Crippen molar-refractivity contribution in [2.24, 2.45) is 0 Å². The van der Waals surface area contributed by atoms with Crippen LogP contribution in [0.2, 0.25) is 0 Å². The molecule has 0 spiro atoms. The molecule has 0 fully saturated rings. The molecule has 8 heteroatoms. The van der Waals surface area contributed by atoms with Crippen LogP contribution in [0.15, 0.2) is 48.5 Å². The summed E-state index contributed by atoms with van der Waals surface area (Å²) in [6.07, 6.45) is 0. The molecule has 0 aliphatic heterocycles. The molecule has 0 radical (unpaired) electrons. The zero-order chi connectivity index (χ0) is 21.2. The van der Waals surface area contributed by atoms with Crippen LogP contribution in [0.5, 0.6) is 0 Å². The van der Waals surface area contributed by atoms with Gasteiger partial charge in [-0.3, -0.25) is 19.8 Å². The van der Waals surface area contributed by atoms with Gasteiger partial charge in [-0.1, -0.05) is 30.3 Å². The van der Waals surface area contributed by atoms with Gasteiger partial charge in [-0.15, -0.1) is 0 Å². The Hall–Kier alpha value is -2.97. The zero-order valence-corrected chi connectivity index (χ0v) is 17.1. The van der Waals surface area contributed by atoms with E-state index >= 15 is 0 Å². The zero-order valence-electron chi connectivity index (χ0n) is 17.1. The number of likely N-dealkylation sites (N-methyl/N-ethyl adjacent to an activating group) is 1. The van der Waals surface area contributed by atoms with E-state index in [1.165, 1.54) is 11.6 Å². The van der Waals surface area contributed by atoms with Crippen molar-refractivity contribution in [3.05, 3.63) is 69.8 Å². The molecule has 0 saturated heterocycles. The van der Waals surface area contributed by atoms with Gasteiger partial charge in [0.1, 0.15) is 5.69 Å². The van der Waals surface area contributed by atoms with E-state index in [-0.39, 0.29) is 23.2 Å². The van der Waals surface area contributed by atoms with E-state index in [0.29, 0.717) is 25.4 Å². The minimum atomic E-state index is -0.498. The molecule has 1 atom stereocenters. The van der Waals surface area contributed by atoms with E-state index in [4.69, 9.17) is 4.74 Å². The van der Waals surface area contributed by atoms with Gasteiger partial charge in [0.05, 0.1) is 11.5 Å². The molecule has 0 aliphatic rings. The highest BCUT2D eigenvalue weighted by Crippen LogP contribution is 2.25. The molecule has 2 N–H and O–H groups in total. The lowest BCUT2D eigenvalue weighted by Crippen LogP contribution is -2.39. The van der Waals surface area contributed by atoms with E-state index in [1.54, 1.807) is 19.2 Å². The standard InChI is InChI=1S/C21H28N4O4/c1-16(24(2)15-17-7-5-4-6-8-17)14-23-21(26)18-9-10-19(22-11-12-29-3)20(13-18)25(27)28/h4-10,13,16,22H,11-12,14-15H2,1-3H3,(H,23,26). The summed E-state index contributed by atoms with van der Waals surface area (Å²) in [5.41, 5.74) is 1.68. The van der Waals surface area contributed by atoms with Crippen LogP contribution >= 0.6 is 0 Å². The van der Waals surface area contributed by atoms with Crippen molar-refractivity contribution in [1.29, 1.82) is 0 Å². The van der Waals surface area contributed by atoms with Crippen LogP contribution < -0.4 is 10.6 Å². The number of nitrogens with zero attached hydrogens (tertiary/aromatic N) is 2. The van der Waals surface area contributed by atoms with Crippen LogP contribution in [0.25, 0.3) is 0 Å². The number of methoxy groups -OCH3 is 1. The van der Waals surface area contributed by atoms with Gasteiger partial charge in [-0.2, -0.15) is 0 Å². The lowest BCUT2D eigenvalue weighted by atomic mass is 10.1. The SMILES string of the molecule is COCCNc1ccc(C(=O)NCC(C)N(C)Cc2ccccc2)cc1[N+](=O)[O-]. The van der Waals surface area contributed by atoms with Crippen LogP contribution in [0, 0.1) is 10.1 Å². The average Bonchev–Trinajstić information content (AvgIpc) is 2.72. The maximum atomic E-state index is 12.5. The number of rotatable bonds is 11. The number of hydrogen-bond donors (Lipinski definition) is 2. The molecule has 2 aromatic rings. The van der Waals surface area contributed by atoms with Crippen molar-refractivity contribution in [1.82, 2.24) is 10.2 Å². The Labute approximate surface area is 171 Å². The van der Waals surface area contributed by atoms with Gasteiger partial charge >= 0.3 is 0 Å². The van der Waals surface area contributed by atoms with Crippen molar-refractivity contribution < 1.29 is 14.5 Å². The van der Waals surface area contributed by atoms with Crippen molar-refractivity contribution in [3.63, 3.8) is 0 Å². The van der Waals surface area contributed by atoms with E-state index in [0.717, 1.165) is 6.54 Å². The van der Waals surface area contributed by atoms with Crippen molar-refractivity contribution in [3.8, 4) is 0 Å². The highest BCUT2D eigenvalue weighted by atomic mass is 16.6. The number of amides is 1. The Morgan fingerprint density at radius 2 is 1.97 bits per heavy atom. The van der Waals surface area contributed by atoms with Crippen LogP contribution in [-0.4, -0.2) is 55.6 Å². The number of anilines is 1. The molecule has 8 nitrogen and oxygen atoms in total. The highest BCUT2D eigenvalue weighted by molar-refractivity contribution is 5.95. The number of nitro benzene ring substituents is 1. The normalized spacial score (nSPS) is 11.9. The number of ether oxygens (including phenoxy) is 1. The molecule has 0 bridgehead atoms. The number of carbonyl (C=O) groups excluding carboxylic acids is 1. The topological polar surface area (TPSA) is 96.7 Å². The smallest absolute Gasteiger partial charge is 0.293 e. The van der Waals surface area contributed by atoms with Gasteiger partial charge < -0.3 is 15.4 Å². The Bertz CT molecular complexity index is 814. The maximum absolute atomic E-state index is 12.5. The number of benzene rings is 2. The number of carbonyl (C=O) groups is 1. The third-order valence-electron chi connectivity index (χ3n) is 4.66. The summed E-state index contributed by atoms with van der Waals surface area (Å²) < 4.78 is 4.94. The van der Waals surface area contributed by atoms with Gasteiger partial charge in [-0.05, 0) is 31.7 Å². The van der Waals surface area contributed by atoms with Crippen LogP contribution in [0.1, 0.15) is 22.8 Å². The summed E-state index contributed by atoms with van der Waals surface area (Å²) in [5, 5.41) is 17.2. The Morgan fingerprint density at radius 3 is 2.62 bits per heavy atom. The second kappa shape index (κ2) is 11.1. The fourth-order valence-electron chi connectivity index (χ4n) is 2.79. The first kappa shape index (κ1) is 22.3. The summed E-state index contributed by atoms with van der Waals surface area (Å²) in [6.45, 7) is 4.09. The molecule has 2 aromatic carbocycles. The second-order valence-corrected chi connectivity index (χ2v) is 6.87. The largest absolute Gasteiger partial charge is 0.383 e. The molecule has 29 heavy (non-hydrogen) atoms. The summed E-state index contributed by atoms with van der Waals surface area (Å²) in [5.74, 6) is -0.337. The third-order valence-corrected chi connectivity index (χ3v) is 4.66. The van der Waals surface area contributed by atoms with E-state index in [2.05, 4.69) is 27.7 Å². The fraction of sp³-hybridized carbons (Fsp3) is 0.381. The van der Waals surface area contributed by atoms with Gasteiger partial charge in [0.15, 0.2) is 0 Å². The minimum Gasteiger partial charge on any atom is -0.383 e. The number of nitro groups is 1. The van der Waals surface area contributed by atoms with Gasteiger partial charge in [0.25, 0.3) is 11.6 Å². The van der Waals surface area contributed by atoms with Gasteiger partial charge in [0, 0.05) is 44.4 Å². The Kier molecular flexibility index (Phi) is 8.57. The fourth-order valence-corrected chi connectivity index (χ4v) is 2.79. The molecule has 156 valence electrons. The Morgan fingerprint density at radius 1 is 1.24 bits per heavy atom. The van der Waals surface area contributed by atoms with Crippen LogP contribution in [0.3, 0.4) is 0 Å². The highest BCUT2D eigenvalue weighted by Gasteiger charge is 2.18. The van der Waals surface area contributed by atoms with E-state index in [9.17, 15) is 14.9 Å². The van der Waals surface area contributed by atoms with Crippen LogP contribution in [0.4, 0.5) is 11.4 Å². The first-order valence-corrected chi connectivity index (χ1v) is 9.46. The maximum Gasteiger partial charge on any atom is 0.293 e. The predicted molar refractivity (Wildman–Crippen MR) is 113 cm³/mol. The molecule has 1 unspecified atom stereocenters. The Balaban J connectivity index is 1.95. The predicted octanol–water partition coefficient (Wildman–Crippen LogP) is 2.90. The molecule has 0 aliphatic carbocycles. The second-order valence-electron chi connectivity index (χ2n) is 6.87. The molecule has 2 rings (SSSR count). The number of nitrogens with one attached hydrogen (secondary N) is 2. The molecule has 0 saturated carbocycles. The lowest BCUT2D eigenvalue weighted by molar-refractivity contribution is -0.384. The summed E-state index contributed by atoms with van der Waals surface area (Å²) in [7, 11) is 3.55. The summed E-state index contributed by atoms with van der Waals surface area (Å²) in [4.78, 5) is 25.5. The van der Waals surface area contributed by atoms with Crippen molar-refractivity contribution >= 4 is 17.3 Å².